The summed E-state index contributed by atoms with van der Waals surface area (Å²) < 4.78 is 0. The molecule has 0 amide bonds. The standard InChI is InChI=1S/C18H21N/c1-2-6-16-12-19-13-17-11-15(9-10-18(16)17)14-7-4-3-5-8-14/h3-5,7-11,16,19H,2,6,12-13H2,1H3. The number of fused-ring (bicyclic) bond motifs is 1. The van der Waals surface area contributed by atoms with Crippen molar-refractivity contribution in [2.24, 2.45) is 0 Å². The Balaban J connectivity index is 1.96. The van der Waals surface area contributed by atoms with Gasteiger partial charge >= 0.3 is 0 Å². The van der Waals surface area contributed by atoms with E-state index in [1.807, 2.05) is 0 Å². The molecule has 1 heterocycles. The summed E-state index contributed by atoms with van der Waals surface area (Å²) >= 11 is 0. The van der Waals surface area contributed by atoms with E-state index in [2.05, 4.69) is 60.8 Å². The zero-order valence-electron chi connectivity index (χ0n) is 11.5. The van der Waals surface area contributed by atoms with Crippen LogP contribution in [0.3, 0.4) is 0 Å². The predicted molar refractivity (Wildman–Crippen MR) is 81.2 cm³/mol. The highest BCUT2D eigenvalue weighted by atomic mass is 14.9. The lowest BCUT2D eigenvalue weighted by Gasteiger charge is -2.26. The first-order valence-corrected chi connectivity index (χ1v) is 7.27. The molecule has 1 N–H and O–H groups in total. The second kappa shape index (κ2) is 5.58. The van der Waals surface area contributed by atoms with Crippen molar-refractivity contribution < 1.29 is 0 Å². The lowest BCUT2D eigenvalue weighted by atomic mass is 9.86. The molecule has 0 saturated carbocycles. The van der Waals surface area contributed by atoms with Gasteiger partial charge in [0.25, 0.3) is 0 Å². The molecule has 0 spiro atoms. The minimum Gasteiger partial charge on any atom is -0.312 e. The van der Waals surface area contributed by atoms with Crippen LogP contribution in [0.4, 0.5) is 0 Å². The lowest BCUT2D eigenvalue weighted by Crippen LogP contribution is -2.28. The number of nitrogens with one attached hydrogen (secondary N) is 1. The van der Waals surface area contributed by atoms with E-state index in [9.17, 15) is 0 Å². The highest BCUT2D eigenvalue weighted by Crippen LogP contribution is 2.31. The van der Waals surface area contributed by atoms with Gasteiger partial charge < -0.3 is 5.32 Å². The summed E-state index contributed by atoms with van der Waals surface area (Å²) in [5, 5.41) is 3.55. The summed E-state index contributed by atoms with van der Waals surface area (Å²) in [5.74, 6) is 0.693. The Morgan fingerprint density at radius 3 is 2.68 bits per heavy atom. The fourth-order valence-electron chi connectivity index (χ4n) is 3.06. The van der Waals surface area contributed by atoms with Crippen molar-refractivity contribution in [1.29, 1.82) is 0 Å². The van der Waals surface area contributed by atoms with Gasteiger partial charge in [-0.25, -0.2) is 0 Å². The van der Waals surface area contributed by atoms with Gasteiger partial charge in [0.1, 0.15) is 0 Å². The van der Waals surface area contributed by atoms with Crippen molar-refractivity contribution in [3.05, 3.63) is 59.7 Å². The summed E-state index contributed by atoms with van der Waals surface area (Å²) in [4.78, 5) is 0. The van der Waals surface area contributed by atoms with Gasteiger partial charge in [0.15, 0.2) is 0 Å². The summed E-state index contributed by atoms with van der Waals surface area (Å²) in [6, 6.07) is 17.6. The van der Waals surface area contributed by atoms with Crippen molar-refractivity contribution in [1.82, 2.24) is 5.32 Å². The van der Waals surface area contributed by atoms with Gasteiger partial charge in [-0.3, -0.25) is 0 Å². The van der Waals surface area contributed by atoms with Crippen molar-refractivity contribution >= 4 is 0 Å². The van der Waals surface area contributed by atoms with Gasteiger partial charge in [0.2, 0.25) is 0 Å². The molecule has 3 rings (SSSR count). The molecule has 2 aromatic carbocycles. The zero-order chi connectivity index (χ0) is 13.1. The van der Waals surface area contributed by atoms with E-state index >= 15 is 0 Å². The summed E-state index contributed by atoms with van der Waals surface area (Å²) in [5.41, 5.74) is 5.67. The SMILES string of the molecule is CCCC1CNCc2cc(-c3ccccc3)ccc21. The van der Waals surface area contributed by atoms with Crippen LogP contribution in [0.2, 0.25) is 0 Å². The number of hydrogen-bond acceptors (Lipinski definition) is 1. The Morgan fingerprint density at radius 1 is 1.05 bits per heavy atom. The summed E-state index contributed by atoms with van der Waals surface area (Å²) in [7, 11) is 0. The maximum absolute atomic E-state index is 3.55. The minimum absolute atomic E-state index is 0.693. The Morgan fingerprint density at radius 2 is 1.89 bits per heavy atom. The fourth-order valence-corrected chi connectivity index (χ4v) is 3.06. The van der Waals surface area contributed by atoms with E-state index in [0.29, 0.717) is 5.92 Å². The van der Waals surface area contributed by atoms with Crippen molar-refractivity contribution in [2.75, 3.05) is 6.54 Å². The third kappa shape index (κ3) is 2.57. The molecule has 0 aromatic heterocycles. The van der Waals surface area contributed by atoms with E-state index in [4.69, 9.17) is 0 Å². The Hall–Kier alpha value is -1.60. The second-order valence-corrected chi connectivity index (χ2v) is 5.40. The smallest absolute Gasteiger partial charge is 0.0208 e. The molecule has 2 aromatic rings. The molecule has 1 aliphatic rings. The molecule has 98 valence electrons. The third-order valence-corrected chi connectivity index (χ3v) is 4.03. The maximum Gasteiger partial charge on any atom is 0.0208 e. The lowest BCUT2D eigenvalue weighted by molar-refractivity contribution is 0.509. The second-order valence-electron chi connectivity index (χ2n) is 5.40. The van der Waals surface area contributed by atoms with Crippen LogP contribution in [0, 0.1) is 0 Å². The predicted octanol–water partition coefficient (Wildman–Crippen LogP) is 4.34. The molecule has 19 heavy (non-hydrogen) atoms. The topological polar surface area (TPSA) is 12.0 Å². The molecule has 0 radical (unpaired) electrons. The van der Waals surface area contributed by atoms with E-state index in [1.165, 1.54) is 29.5 Å². The first-order chi connectivity index (χ1) is 9.38. The Labute approximate surface area is 115 Å². The number of rotatable bonds is 3. The summed E-state index contributed by atoms with van der Waals surface area (Å²) in [6.07, 6.45) is 2.54. The third-order valence-electron chi connectivity index (χ3n) is 4.03. The van der Waals surface area contributed by atoms with E-state index in [-0.39, 0.29) is 0 Å². The molecule has 1 nitrogen and oxygen atoms in total. The van der Waals surface area contributed by atoms with Crippen molar-refractivity contribution in [3.8, 4) is 11.1 Å². The van der Waals surface area contributed by atoms with Crippen LogP contribution in [0.15, 0.2) is 48.5 Å². The average molecular weight is 251 g/mol. The van der Waals surface area contributed by atoms with Crippen LogP contribution in [0.5, 0.6) is 0 Å². The number of benzene rings is 2. The van der Waals surface area contributed by atoms with E-state index in [0.717, 1.165) is 13.1 Å². The quantitative estimate of drug-likeness (QED) is 0.855. The minimum atomic E-state index is 0.693. The van der Waals surface area contributed by atoms with Crippen LogP contribution in [0.25, 0.3) is 11.1 Å². The van der Waals surface area contributed by atoms with Crippen LogP contribution in [0.1, 0.15) is 36.8 Å². The Kier molecular flexibility index (Phi) is 3.65. The molecular formula is C18H21N. The number of hydrogen-bond donors (Lipinski definition) is 1. The molecule has 1 unspecified atom stereocenters. The first kappa shape index (κ1) is 12.4. The van der Waals surface area contributed by atoms with E-state index in [1.54, 1.807) is 5.56 Å². The molecule has 0 aliphatic carbocycles. The maximum atomic E-state index is 3.55. The first-order valence-electron chi connectivity index (χ1n) is 7.27. The molecule has 0 bridgehead atoms. The highest BCUT2D eigenvalue weighted by molar-refractivity contribution is 5.65. The van der Waals surface area contributed by atoms with Crippen LogP contribution < -0.4 is 5.32 Å². The van der Waals surface area contributed by atoms with Gasteiger partial charge in [-0.2, -0.15) is 0 Å². The largest absolute Gasteiger partial charge is 0.312 e. The van der Waals surface area contributed by atoms with Crippen LogP contribution in [-0.4, -0.2) is 6.54 Å². The normalized spacial score (nSPS) is 18.1. The van der Waals surface area contributed by atoms with Crippen molar-refractivity contribution in [2.45, 2.75) is 32.2 Å². The molecule has 1 heteroatoms. The van der Waals surface area contributed by atoms with Gasteiger partial charge in [-0.05, 0) is 40.7 Å². The zero-order valence-corrected chi connectivity index (χ0v) is 11.5. The average Bonchev–Trinajstić information content (AvgIpc) is 2.48. The fraction of sp³-hybridized carbons (Fsp3) is 0.333. The Bertz CT molecular complexity index is 545. The van der Waals surface area contributed by atoms with Gasteiger partial charge in [-0.1, -0.05) is 55.8 Å². The molecule has 0 saturated heterocycles. The highest BCUT2D eigenvalue weighted by Gasteiger charge is 2.19. The molecular weight excluding hydrogens is 230 g/mol. The molecule has 1 atom stereocenters. The van der Waals surface area contributed by atoms with Crippen LogP contribution in [-0.2, 0) is 6.54 Å². The monoisotopic (exact) mass is 251 g/mol. The van der Waals surface area contributed by atoms with Gasteiger partial charge in [0.05, 0.1) is 0 Å². The van der Waals surface area contributed by atoms with Gasteiger partial charge in [-0.15, -0.1) is 0 Å². The van der Waals surface area contributed by atoms with Crippen molar-refractivity contribution in [3.63, 3.8) is 0 Å². The van der Waals surface area contributed by atoms with Crippen LogP contribution >= 0.6 is 0 Å². The molecule has 1 aliphatic heterocycles. The molecule has 0 fully saturated rings. The van der Waals surface area contributed by atoms with Gasteiger partial charge in [0, 0.05) is 13.1 Å². The summed E-state index contributed by atoms with van der Waals surface area (Å²) in [6.45, 7) is 4.41. The van der Waals surface area contributed by atoms with E-state index < -0.39 is 0 Å².